The Labute approximate surface area is 123 Å². The van der Waals surface area contributed by atoms with Crippen molar-refractivity contribution in [3.05, 3.63) is 33.9 Å². The van der Waals surface area contributed by atoms with Crippen LogP contribution in [0.25, 0.3) is 0 Å². The second-order valence-corrected chi connectivity index (χ2v) is 5.11. The van der Waals surface area contributed by atoms with E-state index in [1.807, 2.05) is 11.9 Å². The van der Waals surface area contributed by atoms with E-state index in [4.69, 9.17) is 4.74 Å². The summed E-state index contributed by atoms with van der Waals surface area (Å²) in [6.07, 6.45) is 0. The number of ether oxygens (including phenoxy) is 1. The van der Waals surface area contributed by atoms with Crippen molar-refractivity contribution in [2.75, 3.05) is 51.8 Å². The molecule has 0 aliphatic carbocycles. The van der Waals surface area contributed by atoms with Gasteiger partial charge in [0, 0.05) is 44.9 Å². The number of hydrogen-bond acceptors (Lipinski definition) is 6. The first-order chi connectivity index (χ1) is 10.0. The fourth-order valence-electron chi connectivity index (χ4n) is 2.37. The Balaban J connectivity index is 2.29. The molecule has 114 valence electrons. The number of likely N-dealkylation sites (N-methyl/N-ethyl adjacent to an activating group) is 1. The van der Waals surface area contributed by atoms with Crippen LogP contribution >= 0.6 is 0 Å². The molecule has 1 aliphatic rings. The van der Waals surface area contributed by atoms with Crippen molar-refractivity contribution in [1.29, 1.82) is 0 Å². The molecule has 1 fully saturated rings. The van der Waals surface area contributed by atoms with Crippen LogP contribution in [-0.4, -0.2) is 62.5 Å². The summed E-state index contributed by atoms with van der Waals surface area (Å²) in [6.45, 7) is 3.12. The lowest BCUT2D eigenvalue weighted by Gasteiger charge is -2.33. The molecule has 1 heterocycles. The van der Waals surface area contributed by atoms with E-state index in [0.29, 0.717) is 11.3 Å². The number of hydrogen-bond donors (Lipinski definition) is 0. The van der Waals surface area contributed by atoms with Crippen molar-refractivity contribution in [1.82, 2.24) is 4.90 Å². The van der Waals surface area contributed by atoms with Crippen LogP contribution in [0, 0.1) is 10.1 Å². The summed E-state index contributed by atoms with van der Waals surface area (Å²) in [5.41, 5.74) is 0.852. The number of piperazine rings is 1. The first-order valence-electron chi connectivity index (χ1n) is 6.77. The lowest BCUT2D eigenvalue weighted by atomic mass is 10.1. The third kappa shape index (κ3) is 3.56. The van der Waals surface area contributed by atoms with Crippen molar-refractivity contribution in [2.45, 2.75) is 0 Å². The number of ketones is 1. The summed E-state index contributed by atoms with van der Waals surface area (Å²) in [6, 6.07) is 4.63. The molecule has 0 spiro atoms. The van der Waals surface area contributed by atoms with Crippen LogP contribution in [0.1, 0.15) is 10.4 Å². The Bertz CT molecular complexity index is 539. The quantitative estimate of drug-likeness (QED) is 0.461. The molecule has 1 aromatic rings. The van der Waals surface area contributed by atoms with Gasteiger partial charge in [0.15, 0.2) is 5.78 Å². The summed E-state index contributed by atoms with van der Waals surface area (Å²) in [7, 11) is 3.45. The Hall–Kier alpha value is -1.99. The van der Waals surface area contributed by atoms with Gasteiger partial charge in [-0.05, 0) is 19.2 Å². The minimum absolute atomic E-state index is 0.0264. The van der Waals surface area contributed by atoms with E-state index in [0.717, 1.165) is 26.2 Å². The number of anilines is 1. The second-order valence-electron chi connectivity index (χ2n) is 5.11. The predicted molar refractivity (Wildman–Crippen MR) is 79.0 cm³/mol. The molecule has 0 atom stereocenters. The van der Waals surface area contributed by atoms with E-state index in [2.05, 4.69) is 4.90 Å². The number of Topliss-reactive ketones (excluding diaryl/α,β-unsaturated/α-hetero) is 1. The zero-order valence-corrected chi connectivity index (χ0v) is 12.2. The van der Waals surface area contributed by atoms with Gasteiger partial charge in [0.2, 0.25) is 0 Å². The molecule has 21 heavy (non-hydrogen) atoms. The lowest BCUT2D eigenvalue weighted by molar-refractivity contribution is -0.384. The van der Waals surface area contributed by atoms with Gasteiger partial charge in [0.1, 0.15) is 12.3 Å². The van der Waals surface area contributed by atoms with Gasteiger partial charge in [-0.2, -0.15) is 0 Å². The van der Waals surface area contributed by atoms with E-state index < -0.39 is 4.92 Å². The maximum Gasteiger partial charge on any atom is 0.293 e. The number of nitrogens with zero attached hydrogens (tertiary/aromatic N) is 3. The summed E-state index contributed by atoms with van der Waals surface area (Å²) in [5.74, 6) is -0.259. The number of benzene rings is 1. The van der Waals surface area contributed by atoms with Crippen LogP contribution in [-0.2, 0) is 4.74 Å². The topological polar surface area (TPSA) is 75.9 Å². The van der Waals surface area contributed by atoms with Gasteiger partial charge >= 0.3 is 0 Å². The number of nitro benzene ring substituents is 1. The smallest absolute Gasteiger partial charge is 0.293 e. The van der Waals surface area contributed by atoms with Gasteiger partial charge in [-0.3, -0.25) is 14.9 Å². The molecule has 0 amide bonds. The van der Waals surface area contributed by atoms with E-state index in [1.54, 1.807) is 12.1 Å². The normalized spacial score (nSPS) is 16.0. The SMILES string of the molecule is COCC(=O)c1ccc(N2CCN(C)CC2)c([N+](=O)[O-])c1. The Morgan fingerprint density at radius 1 is 1.33 bits per heavy atom. The number of nitro groups is 1. The maximum atomic E-state index is 11.8. The zero-order chi connectivity index (χ0) is 15.4. The summed E-state index contributed by atoms with van der Waals surface area (Å²) >= 11 is 0. The maximum absolute atomic E-state index is 11.8. The van der Waals surface area contributed by atoms with Crippen LogP contribution in [0.15, 0.2) is 18.2 Å². The molecule has 0 aromatic heterocycles. The van der Waals surface area contributed by atoms with Crippen molar-refractivity contribution in [3.8, 4) is 0 Å². The number of methoxy groups -OCH3 is 1. The van der Waals surface area contributed by atoms with Gasteiger partial charge in [0.25, 0.3) is 5.69 Å². The van der Waals surface area contributed by atoms with Gasteiger partial charge in [-0.15, -0.1) is 0 Å². The fourth-order valence-corrected chi connectivity index (χ4v) is 2.37. The van der Waals surface area contributed by atoms with E-state index in [9.17, 15) is 14.9 Å². The largest absolute Gasteiger partial charge is 0.377 e. The molecule has 0 radical (unpaired) electrons. The summed E-state index contributed by atoms with van der Waals surface area (Å²) in [4.78, 5) is 26.8. The minimum atomic E-state index is -0.433. The molecule has 0 unspecified atom stereocenters. The number of rotatable bonds is 5. The molecular weight excluding hydrogens is 274 g/mol. The first-order valence-corrected chi connectivity index (χ1v) is 6.77. The molecule has 1 aliphatic heterocycles. The predicted octanol–water partition coefficient (Wildman–Crippen LogP) is 1.18. The van der Waals surface area contributed by atoms with Crippen LogP contribution in [0.5, 0.6) is 0 Å². The first kappa shape index (κ1) is 15.4. The highest BCUT2D eigenvalue weighted by molar-refractivity contribution is 5.98. The van der Waals surface area contributed by atoms with E-state index in [1.165, 1.54) is 13.2 Å². The molecule has 0 saturated carbocycles. The zero-order valence-electron chi connectivity index (χ0n) is 12.2. The van der Waals surface area contributed by atoms with Crippen molar-refractivity contribution >= 4 is 17.2 Å². The van der Waals surface area contributed by atoms with Crippen LogP contribution in [0.3, 0.4) is 0 Å². The van der Waals surface area contributed by atoms with Gasteiger partial charge in [-0.25, -0.2) is 0 Å². The number of carbonyl (C=O) groups is 1. The van der Waals surface area contributed by atoms with E-state index in [-0.39, 0.29) is 18.1 Å². The summed E-state index contributed by atoms with van der Waals surface area (Å²) < 4.78 is 4.78. The van der Waals surface area contributed by atoms with E-state index >= 15 is 0 Å². The number of carbonyl (C=O) groups excluding carboxylic acids is 1. The highest BCUT2D eigenvalue weighted by Crippen LogP contribution is 2.30. The molecule has 1 aromatic carbocycles. The molecule has 7 heteroatoms. The molecule has 0 bridgehead atoms. The molecule has 2 rings (SSSR count). The van der Waals surface area contributed by atoms with Crippen LogP contribution in [0.4, 0.5) is 11.4 Å². The fraction of sp³-hybridized carbons (Fsp3) is 0.500. The summed E-state index contributed by atoms with van der Waals surface area (Å²) in [5, 5.41) is 11.3. The van der Waals surface area contributed by atoms with Crippen molar-refractivity contribution < 1.29 is 14.5 Å². The second kappa shape index (κ2) is 6.64. The average Bonchev–Trinajstić information content (AvgIpc) is 2.47. The van der Waals surface area contributed by atoms with Crippen LogP contribution in [0.2, 0.25) is 0 Å². The third-order valence-corrected chi connectivity index (χ3v) is 3.61. The van der Waals surface area contributed by atoms with Crippen LogP contribution < -0.4 is 4.90 Å². The Morgan fingerprint density at radius 2 is 2.00 bits per heavy atom. The van der Waals surface area contributed by atoms with Gasteiger partial charge in [0.05, 0.1) is 4.92 Å². The monoisotopic (exact) mass is 293 g/mol. The third-order valence-electron chi connectivity index (χ3n) is 3.61. The highest BCUT2D eigenvalue weighted by atomic mass is 16.6. The lowest BCUT2D eigenvalue weighted by Crippen LogP contribution is -2.44. The van der Waals surface area contributed by atoms with Crippen molar-refractivity contribution in [2.24, 2.45) is 0 Å². The molecular formula is C14H19N3O4. The molecule has 0 N–H and O–H groups in total. The highest BCUT2D eigenvalue weighted by Gasteiger charge is 2.24. The van der Waals surface area contributed by atoms with Crippen molar-refractivity contribution in [3.63, 3.8) is 0 Å². The minimum Gasteiger partial charge on any atom is -0.377 e. The van der Waals surface area contributed by atoms with Gasteiger partial charge in [-0.1, -0.05) is 0 Å². The average molecular weight is 293 g/mol. The Morgan fingerprint density at radius 3 is 2.57 bits per heavy atom. The Kier molecular flexibility index (Phi) is 4.87. The van der Waals surface area contributed by atoms with Gasteiger partial charge < -0.3 is 14.5 Å². The standard InChI is InChI=1S/C14H19N3O4/c1-15-5-7-16(8-6-15)12-4-3-11(14(18)10-21-2)9-13(12)17(19)20/h3-4,9H,5-8,10H2,1-2H3. The molecule has 7 nitrogen and oxygen atoms in total. The molecule has 1 saturated heterocycles.